The molecule has 1 aliphatic rings. The largest absolute Gasteiger partial charge is 0.336 e. The molecule has 92 valence electrons. The van der Waals surface area contributed by atoms with Crippen LogP contribution in [-0.4, -0.2) is 28.4 Å². The Morgan fingerprint density at radius 3 is 3.12 bits per heavy atom. The Bertz CT molecular complexity index is 408. The fourth-order valence-electron chi connectivity index (χ4n) is 2.38. The first-order valence-corrected chi connectivity index (χ1v) is 6.52. The highest BCUT2D eigenvalue weighted by Crippen LogP contribution is 2.24. The molecule has 2 rings (SSSR count). The number of amides is 1. The standard InChI is InChI=1S/C13H17ClN2O/c1-2-10-5-3-4-8-16(10)13(17)11-9-15-7-6-12(11)14/h6-7,9-10H,2-5,8H2,1H3. The minimum atomic E-state index is 0.0228. The van der Waals surface area contributed by atoms with Gasteiger partial charge in [-0.3, -0.25) is 9.78 Å². The number of carbonyl (C=O) groups is 1. The summed E-state index contributed by atoms with van der Waals surface area (Å²) in [5, 5.41) is 0.491. The van der Waals surface area contributed by atoms with Crippen molar-refractivity contribution in [1.29, 1.82) is 0 Å². The predicted molar refractivity (Wildman–Crippen MR) is 68.2 cm³/mol. The van der Waals surface area contributed by atoms with Crippen LogP contribution in [0.4, 0.5) is 0 Å². The van der Waals surface area contributed by atoms with E-state index in [0.717, 1.165) is 25.8 Å². The van der Waals surface area contributed by atoms with Crippen LogP contribution in [-0.2, 0) is 0 Å². The molecule has 1 saturated heterocycles. The van der Waals surface area contributed by atoms with Gasteiger partial charge < -0.3 is 4.90 Å². The molecule has 4 heteroatoms. The van der Waals surface area contributed by atoms with Gasteiger partial charge in [-0.25, -0.2) is 0 Å². The minimum absolute atomic E-state index is 0.0228. The van der Waals surface area contributed by atoms with E-state index in [0.29, 0.717) is 16.6 Å². The number of nitrogens with zero attached hydrogens (tertiary/aromatic N) is 2. The first-order chi connectivity index (χ1) is 8.24. The molecule has 2 heterocycles. The van der Waals surface area contributed by atoms with Gasteiger partial charge in [-0.15, -0.1) is 0 Å². The predicted octanol–water partition coefficient (Wildman–Crippen LogP) is 3.14. The van der Waals surface area contributed by atoms with E-state index in [1.165, 1.54) is 6.42 Å². The summed E-state index contributed by atoms with van der Waals surface area (Å²) in [6.45, 7) is 2.96. The average Bonchev–Trinajstić information content (AvgIpc) is 2.38. The van der Waals surface area contributed by atoms with Gasteiger partial charge in [0.2, 0.25) is 0 Å². The summed E-state index contributed by atoms with van der Waals surface area (Å²) in [5.41, 5.74) is 0.523. The Labute approximate surface area is 107 Å². The summed E-state index contributed by atoms with van der Waals surface area (Å²) < 4.78 is 0. The minimum Gasteiger partial charge on any atom is -0.336 e. The third-order valence-electron chi connectivity index (χ3n) is 3.36. The van der Waals surface area contributed by atoms with Crippen molar-refractivity contribution in [2.45, 2.75) is 38.6 Å². The van der Waals surface area contributed by atoms with Crippen molar-refractivity contribution in [3.05, 3.63) is 29.0 Å². The van der Waals surface area contributed by atoms with E-state index in [4.69, 9.17) is 11.6 Å². The second-order valence-corrected chi connectivity index (χ2v) is 4.82. The fraction of sp³-hybridized carbons (Fsp3) is 0.538. The molecule has 3 nitrogen and oxygen atoms in total. The molecule has 1 aromatic heterocycles. The van der Waals surface area contributed by atoms with Crippen molar-refractivity contribution < 1.29 is 4.79 Å². The van der Waals surface area contributed by atoms with Gasteiger partial charge in [0.15, 0.2) is 0 Å². The number of hydrogen-bond acceptors (Lipinski definition) is 2. The lowest BCUT2D eigenvalue weighted by Gasteiger charge is -2.35. The second kappa shape index (κ2) is 5.50. The highest BCUT2D eigenvalue weighted by atomic mass is 35.5. The first kappa shape index (κ1) is 12.4. The van der Waals surface area contributed by atoms with Gasteiger partial charge in [0.1, 0.15) is 0 Å². The summed E-state index contributed by atoms with van der Waals surface area (Å²) >= 11 is 6.04. The molecule has 1 aliphatic heterocycles. The van der Waals surface area contributed by atoms with Crippen LogP contribution in [0.1, 0.15) is 43.0 Å². The molecule has 0 N–H and O–H groups in total. The van der Waals surface area contributed by atoms with Crippen LogP contribution in [0.5, 0.6) is 0 Å². The topological polar surface area (TPSA) is 33.2 Å². The van der Waals surface area contributed by atoms with Crippen LogP contribution < -0.4 is 0 Å². The summed E-state index contributed by atoms with van der Waals surface area (Å²) in [7, 11) is 0. The molecule has 17 heavy (non-hydrogen) atoms. The molecule has 1 unspecified atom stereocenters. The van der Waals surface area contributed by atoms with Gasteiger partial charge in [-0.05, 0) is 31.7 Å². The lowest BCUT2D eigenvalue weighted by atomic mass is 9.99. The van der Waals surface area contributed by atoms with Gasteiger partial charge in [0, 0.05) is 25.0 Å². The zero-order valence-electron chi connectivity index (χ0n) is 10.0. The maximum Gasteiger partial charge on any atom is 0.257 e. The number of likely N-dealkylation sites (tertiary alicyclic amines) is 1. The van der Waals surface area contributed by atoms with Crippen LogP contribution in [0.15, 0.2) is 18.5 Å². The second-order valence-electron chi connectivity index (χ2n) is 4.41. The lowest BCUT2D eigenvalue weighted by molar-refractivity contribution is 0.0608. The third-order valence-corrected chi connectivity index (χ3v) is 3.69. The van der Waals surface area contributed by atoms with Gasteiger partial charge in [-0.1, -0.05) is 18.5 Å². The summed E-state index contributed by atoms with van der Waals surface area (Å²) in [4.78, 5) is 18.3. The summed E-state index contributed by atoms with van der Waals surface area (Å²) in [6, 6.07) is 2.02. The van der Waals surface area contributed by atoms with Crippen LogP contribution in [0.25, 0.3) is 0 Å². The van der Waals surface area contributed by atoms with Gasteiger partial charge in [-0.2, -0.15) is 0 Å². The fourth-order valence-corrected chi connectivity index (χ4v) is 2.57. The third kappa shape index (κ3) is 2.60. The maximum absolute atomic E-state index is 12.4. The molecule has 1 amide bonds. The SMILES string of the molecule is CCC1CCCCN1C(=O)c1cnccc1Cl. The Morgan fingerprint density at radius 2 is 2.41 bits per heavy atom. The van der Waals surface area contributed by atoms with E-state index in [-0.39, 0.29) is 5.91 Å². The normalized spacial score (nSPS) is 20.4. The number of piperidine rings is 1. The quantitative estimate of drug-likeness (QED) is 0.810. The molecule has 0 spiro atoms. The highest BCUT2D eigenvalue weighted by molar-refractivity contribution is 6.33. The van der Waals surface area contributed by atoms with Crippen molar-refractivity contribution in [3.8, 4) is 0 Å². The van der Waals surface area contributed by atoms with Crippen LogP contribution in [0, 0.1) is 0 Å². The van der Waals surface area contributed by atoms with Crippen molar-refractivity contribution in [1.82, 2.24) is 9.88 Å². The van der Waals surface area contributed by atoms with Crippen LogP contribution in [0.3, 0.4) is 0 Å². The number of pyridine rings is 1. The van der Waals surface area contributed by atoms with E-state index < -0.39 is 0 Å². The van der Waals surface area contributed by atoms with E-state index >= 15 is 0 Å². The number of hydrogen-bond donors (Lipinski definition) is 0. The molecule has 0 aromatic carbocycles. The number of carbonyl (C=O) groups excluding carboxylic acids is 1. The first-order valence-electron chi connectivity index (χ1n) is 6.14. The Hall–Kier alpha value is -1.09. The van der Waals surface area contributed by atoms with Gasteiger partial charge in [0.25, 0.3) is 5.91 Å². The summed E-state index contributed by atoms with van der Waals surface area (Å²) in [5.74, 6) is 0.0228. The van der Waals surface area contributed by atoms with Crippen molar-refractivity contribution in [3.63, 3.8) is 0 Å². The Morgan fingerprint density at radius 1 is 1.59 bits per heavy atom. The molecule has 0 aliphatic carbocycles. The van der Waals surface area contributed by atoms with Gasteiger partial charge in [0.05, 0.1) is 10.6 Å². The number of rotatable bonds is 2. The molecule has 0 bridgehead atoms. The Balaban J connectivity index is 2.21. The molecule has 1 aromatic rings. The van der Waals surface area contributed by atoms with Crippen LogP contribution in [0.2, 0.25) is 5.02 Å². The smallest absolute Gasteiger partial charge is 0.257 e. The summed E-state index contributed by atoms with van der Waals surface area (Å²) in [6.07, 6.45) is 7.56. The monoisotopic (exact) mass is 252 g/mol. The zero-order chi connectivity index (χ0) is 12.3. The molecular formula is C13H17ClN2O. The van der Waals surface area contributed by atoms with E-state index in [1.807, 2.05) is 4.90 Å². The molecule has 0 saturated carbocycles. The Kier molecular flexibility index (Phi) is 4.00. The van der Waals surface area contributed by atoms with Crippen molar-refractivity contribution in [2.75, 3.05) is 6.54 Å². The van der Waals surface area contributed by atoms with E-state index in [2.05, 4.69) is 11.9 Å². The number of halogens is 1. The van der Waals surface area contributed by atoms with Crippen molar-refractivity contribution in [2.24, 2.45) is 0 Å². The molecular weight excluding hydrogens is 236 g/mol. The highest BCUT2D eigenvalue weighted by Gasteiger charge is 2.27. The van der Waals surface area contributed by atoms with E-state index in [1.54, 1.807) is 18.5 Å². The molecule has 0 radical (unpaired) electrons. The van der Waals surface area contributed by atoms with Gasteiger partial charge >= 0.3 is 0 Å². The van der Waals surface area contributed by atoms with E-state index in [9.17, 15) is 4.79 Å². The lowest BCUT2D eigenvalue weighted by Crippen LogP contribution is -2.43. The molecule has 1 atom stereocenters. The molecule has 1 fully saturated rings. The average molecular weight is 253 g/mol. The van der Waals surface area contributed by atoms with Crippen LogP contribution >= 0.6 is 11.6 Å². The maximum atomic E-state index is 12.4. The van der Waals surface area contributed by atoms with Crippen molar-refractivity contribution >= 4 is 17.5 Å². The number of aromatic nitrogens is 1. The zero-order valence-corrected chi connectivity index (χ0v) is 10.8.